The summed E-state index contributed by atoms with van der Waals surface area (Å²) < 4.78 is 27.3. The molecule has 2 fully saturated rings. The first kappa shape index (κ1) is 10.8. The van der Waals surface area contributed by atoms with Crippen molar-refractivity contribution < 1.29 is 8.78 Å². The molecule has 2 saturated carbocycles. The Labute approximate surface area is 99.2 Å². The SMILES string of the molecule is Nc1cc(F)c(NC(C2CC2)C2CC2)c(F)c1. The Bertz CT molecular complexity index is 404. The molecule has 2 nitrogen and oxygen atoms in total. The van der Waals surface area contributed by atoms with Crippen LogP contribution >= 0.6 is 0 Å². The number of hydrogen-bond donors (Lipinski definition) is 2. The molecule has 0 spiro atoms. The number of anilines is 2. The summed E-state index contributed by atoms with van der Waals surface area (Å²) >= 11 is 0. The highest BCUT2D eigenvalue weighted by Gasteiger charge is 2.42. The standard InChI is InChI=1S/C13H16F2N2/c14-10-5-9(16)6-11(15)13(10)17-12(7-1-2-7)8-3-4-8/h5-8,12,17H,1-4,16H2. The molecule has 0 heterocycles. The molecule has 17 heavy (non-hydrogen) atoms. The molecule has 0 aromatic heterocycles. The maximum atomic E-state index is 13.7. The van der Waals surface area contributed by atoms with Gasteiger partial charge in [0.05, 0.1) is 0 Å². The molecule has 1 aromatic carbocycles. The van der Waals surface area contributed by atoms with Gasteiger partial charge in [-0.25, -0.2) is 8.78 Å². The highest BCUT2D eigenvalue weighted by molar-refractivity contribution is 5.54. The third kappa shape index (κ3) is 2.21. The summed E-state index contributed by atoms with van der Waals surface area (Å²) in [6.07, 6.45) is 4.69. The van der Waals surface area contributed by atoms with Crippen molar-refractivity contribution in [3.05, 3.63) is 23.8 Å². The van der Waals surface area contributed by atoms with Crippen LogP contribution in [-0.2, 0) is 0 Å². The van der Waals surface area contributed by atoms with E-state index < -0.39 is 11.6 Å². The van der Waals surface area contributed by atoms with Crippen molar-refractivity contribution in [2.45, 2.75) is 31.7 Å². The van der Waals surface area contributed by atoms with Crippen molar-refractivity contribution in [1.29, 1.82) is 0 Å². The lowest BCUT2D eigenvalue weighted by atomic mass is 10.1. The summed E-state index contributed by atoms with van der Waals surface area (Å²) in [5, 5.41) is 3.06. The summed E-state index contributed by atoms with van der Waals surface area (Å²) in [6.45, 7) is 0. The van der Waals surface area contributed by atoms with Crippen molar-refractivity contribution in [3.8, 4) is 0 Å². The highest BCUT2D eigenvalue weighted by Crippen LogP contribution is 2.46. The fourth-order valence-electron chi connectivity index (χ4n) is 2.43. The third-order valence-electron chi connectivity index (χ3n) is 3.64. The van der Waals surface area contributed by atoms with Crippen molar-refractivity contribution in [2.24, 2.45) is 11.8 Å². The Morgan fingerprint density at radius 1 is 1.06 bits per heavy atom. The van der Waals surface area contributed by atoms with E-state index in [1.54, 1.807) is 0 Å². The van der Waals surface area contributed by atoms with Crippen LogP contribution in [0.3, 0.4) is 0 Å². The van der Waals surface area contributed by atoms with Gasteiger partial charge >= 0.3 is 0 Å². The molecule has 0 atom stereocenters. The predicted octanol–water partition coefficient (Wildman–Crippen LogP) is 3.15. The first-order chi connectivity index (χ1) is 8.15. The van der Waals surface area contributed by atoms with Crippen LogP contribution in [-0.4, -0.2) is 6.04 Å². The molecular formula is C13H16F2N2. The average Bonchev–Trinajstić information content (AvgIpc) is 3.12. The first-order valence-electron chi connectivity index (χ1n) is 6.16. The monoisotopic (exact) mass is 238 g/mol. The second-order valence-corrected chi connectivity index (χ2v) is 5.20. The average molecular weight is 238 g/mol. The first-order valence-corrected chi connectivity index (χ1v) is 6.16. The number of nitrogens with two attached hydrogens (primary N) is 1. The minimum absolute atomic E-state index is 0.0111. The van der Waals surface area contributed by atoms with Gasteiger partial charge in [0.1, 0.15) is 5.69 Å². The maximum Gasteiger partial charge on any atom is 0.151 e. The van der Waals surface area contributed by atoms with Gasteiger partial charge in [0.15, 0.2) is 11.6 Å². The quantitative estimate of drug-likeness (QED) is 0.791. The molecule has 92 valence electrons. The lowest BCUT2D eigenvalue weighted by Gasteiger charge is -2.20. The summed E-state index contributed by atoms with van der Waals surface area (Å²) in [5.41, 5.74) is 5.51. The Hall–Kier alpha value is -1.32. The van der Waals surface area contributed by atoms with E-state index in [1.807, 2.05) is 0 Å². The van der Waals surface area contributed by atoms with E-state index in [4.69, 9.17) is 5.73 Å². The van der Waals surface area contributed by atoms with E-state index >= 15 is 0 Å². The Kier molecular flexibility index (Phi) is 2.45. The lowest BCUT2D eigenvalue weighted by Crippen LogP contribution is -2.25. The minimum Gasteiger partial charge on any atom is -0.399 e. The molecule has 0 saturated heterocycles. The predicted molar refractivity (Wildman–Crippen MR) is 63.6 cm³/mol. The molecular weight excluding hydrogens is 222 g/mol. The molecule has 1 aromatic rings. The number of benzene rings is 1. The highest BCUT2D eigenvalue weighted by atomic mass is 19.1. The van der Waals surface area contributed by atoms with Crippen LogP contribution in [0.5, 0.6) is 0 Å². The van der Waals surface area contributed by atoms with Gasteiger partial charge in [0.25, 0.3) is 0 Å². The second kappa shape index (κ2) is 3.86. The molecule has 2 aliphatic rings. The Morgan fingerprint density at radius 3 is 1.94 bits per heavy atom. The van der Waals surface area contributed by atoms with Crippen molar-refractivity contribution >= 4 is 11.4 Å². The second-order valence-electron chi connectivity index (χ2n) is 5.20. The molecule has 3 rings (SSSR count). The van der Waals surface area contributed by atoms with Crippen LogP contribution in [0.4, 0.5) is 20.2 Å². The summed E-state index contributed by atoms with van der Waals surface area (Å²) in [6, 6.07) is 2.58. The van der Waals surface area contributed by atoms with Crippen molar-refractivity contribution in [1.82, 2.24) is 0 Å². The zero-order chi connectivity index (χ0) is 12.0. The van der Waals surface area contributed by atoms with E-state index in [0.29, 0.717) is 11.8 Å². The van der Waals surface area contributed by atoms with Gasteiger partial charge in [0.2, 0.25) is 0 Å². The van der Waals surface area contributed by atoms with Crippen LogP contribution in [0, 0.1) is 23.5 Å². The van der Waals surface area contributed by atoms with Gasteiger partial charge in [-0.2, -0.15) is 0 Å². The van der Waals surface area contributed by atoms with E-state index in [0.717, 1.165) is 0 Å². The molecule has 0 radical (unpaired) electrons. The normalized spacial score (nSPS) is 19.7. The van der Waals surface area contributed by atoms with E-state index in [2.05, 4.69) is 5.32 Å². The van der Waals surface area contributed by atoms with Gasteiger partial charge in [-0.3, -0.25) is 0 Å². The summed E-state index contributed by atoms with van der Waals surface area (Å²) in [7, 11) is 0. The number of halogens is 2. The Morgan fingerprint density at radius 2 is 1.53 bits per heavy atom. The van der Waals surface area contributed by atoms with E-state index in [-0.39, 0.29) is 17.4 Å². The zero-order valence-corrected chi connectivity index (χ0v) is 9.55. The Balaban J connectivity index is 1.83. The minimum atomic E-state index is -0.589. The molecule has 2 aliphatic carbocycles. The largest absolute Gasteiger partial charge is 0.399 e. The topological polar surface area (TPSA) is 38.0 Å². The fourth-order valence-corrected chi connectivity index (χ4v) is 2.43. The van der Waals surface area contributed by atoms with Crippen molar-refractivity contribution in [3.63, 3.8) is 0 Å². The zero-order valence-electron chi connectivity index (χ0n) is 9.55. The lowest BCUT2D eigenvalue weighted by molar-refractivity contribution is 0.541. The van der Waals surface area contributed by atoms with Gasteiger partial charge < -0.3 is 11.1 Å². The van der Waals surface area contributed by atoms with Crippen LogP contribution < -0.4 is 11.1 Å². The maximum absolute atomic E-state index is 13.7. The van der Waals surface area contributed by atoms with Crippen LogP contribution in [0.25, 0.3) is 0 Å². The summed E-state index contributed by atoms with van der Waals surface area (Å²) in [4.78, 5) is 0. The van der Waals surface area contributed by atoms with Crippen LogP contribution in [0.1, 0.15) is 25.7 Å². The molecule has 0 unspecified atom stereocenters. The van der Waals surface area contributed by atoms with Gasteiger partial charge in [-0.15, -0.1) is 0 Å². The van der Waals surface area contributed by atoms with Gasteiger partial charge in [-0.05, 0) is 49.7 Å². The van der Waals surface area contributed by atoms with Gasteiger partial charge in [-0.1, -0.05) is 0 Å². The number of hydrogen-bond acceptors (Lipinski definition) is 2. The number of nitrogen functional groups attached to an aromatic ring is 1. The van der Waals surface area contributed by atoms with Crippen molar-refractivity contribution in [2.75, 3.05) is 11.1 Å². The molecule has 0 aliphatic heterocycles. The molecule has 3 N–H and O–H groups in total. The van der Waals surface area contributed by atoms with E-state index in [1.165, 1.54) is 37.8 Å². The molecule has 0 amide bonds. The summed E-state index contributed by atoms with van der Waals surface area (Å²) in [5.74, 6) is 0.0142. The number of rotatable bonds is 4. The fraction of sp³-hybridized carbons (Fsp3) is 0.538. The van der Waals surface area contributed by atoms with E-state index in [9.17, 15) is 8.78 Å². The number of nitrogens with one attached hydrogen (secondary N) is 1. The van der Waals surface area contributed by atoms with Crippen LogP contribution in [0.15, 0.2) is 12.1 Å². The molecule has 0 bridgehead atoms. The smallest absolute Gasteiger partial charge is 0.151 e. The van der Waals surface area contributed by atoms with Gasteiger partial charge in [0, 0.05) is 11.7 Å². The molecule has 4 heteroatoms. The van der Waals surface area contributed by atoms with Crippen LogP contribution in [0.2, 0.25) is 0 Å². The third-order valence-corrected chi connectivity index (χ3v) is 3.64.